The molecule has 0 aromatic heterocycles. The van der Waals surface area contributed by atoms with Crippen LogP contribution in [0.15, 0.2) is 12.2 Å². The minimum absolute atomic E-state index is 0.0857. The summed E-state index contributed by atoms with van der Waals surface area (Å²) >= 11 is 0. The van der Waals surface area contributed by atoms with Crippen LogP contribution < -0.4 is 5.32 Å². The van der Waals surface area contributed by atoms with Crippen molar-refractivity contribution in [1.29, 1.82) is 0 Å². The third-order valence-corrected chi connectivity index (χ3v) is 2.58. The number of amides is 1. The Bertz CT molecular complexity index is 328. The first kappa shape index (κ1) is 14.7. The summed E-state index contributed by atoms with van der Waals surface area (Å²) in [4.78, 5) is 23.1. The van der Waals surface area contributed by atoms with E-state index in [4.69, 9.17) is 4.74 Å². The molecule has 0 saturated carbocycles. The predicted molar refractivity (Wildman–Crippen MR) is 70.0 cm³/mol. The van der Waals surface area contributed by atoms with E-state index in [0.29, 0.717) is 0 Å². The monoisotopic (exact) mass is 253 g/mol. The Labute approximate surface area is 109 Å². The van der Waals surface area contributed by atoms with Crippen LogP contribution in [0.5, 0.6) is 0 Å². The summed E-state index contributed by atoms with van der Waals surface area (Å²) in [6.45, 7) is 5.45. The summed E-state index contributed by atoms with van der Waals surface area (Å²) in [5, 5.41) is 2.90. The molecule has 1 rings (SSSR count). The number of hydrogen-bond acceptors (Lipinski definition) is 3. The van der Waals surface area contributed by atoms with Crippen molar-refractivity contribution >= 4 is 11.9 Å². The van der Waals surface area contributed by atoms with Gasteiger partial charge in [0.1, 0.15) is 5.60 Å². The van der Waals surface area contributed by atoms with Crippen molar-refractivity contribution in [2.24, 2.45) is 0 Å². The van der Waals surface area contributed by atoms with Gasteiger partial charge in [0.05, 0.1) is 6.42 Å². The van der Waals surface area contributed by atoms with Gasteiger partial charge in [-0.2, -0.15) is 0 Å². The van der Waals surface area contributed by atoms with Crippen molar-refractivity contribution < 1.29 is 14.3 Å². The van der Waals surface area contributed by atoms with Crippen LogP contribution in [0, 0.1) is 0 Å². The van der Waals surface area contributed by atoms with E-state index >= 15 is 0 Å². The van der Waals surface area contributed by atoms with Gasteiger partial charge in [0.15, 0.2) is 0 Å². The van der Waals surface area contributed by atoms with Crippen molar-refractivity contribution in [2.75, 3.05) is 0 Å². The molecule has 1 atom stereocenters. The summed E-state index contributed by atoms with van der Waals surface area (Å²) in [7, 11) is 0. The topological polar surface area (TPSA) is 55.4 Å². The number of esters is 1. The Morgan fingerprint density at radius 2 is 2.06 bits per heavy atom. The lowest BCUT2D eigenvalue weighted by Crippen LogP contribution is -2.34. The number of hydrogen-bond donors (Lipinski definition) is 1. The normalized spacial score (nSPS) is 19.4. The second-order valence-corrected chi connectivity index (χ2v) is 5.62. The molecule has 1 amide bonds. The van der Waals surface area contributed by atoms with Gasteiger partial charge in [0.25, 0.3) is 0 Å². The number of nitrogens with one attached hydrogen (secondary N) is 1. The van der Waals surface area contributed by atoms with Crippen LogP contribution in [0.1, 0.15) is 52.9 Å². The highest BCUT2D eigenvalue weighted by atomic mass is 16.6. The van der Waals surface area contributed by atoms with Crippen molar-refractivity contribution in [3.05, 3.63) is 12.2 Å². The van der Waals surface area contributed by atoms with Gasteiger partial charge in [-0.25, -0.2) is 0 Å². The Morgan fingerprint density at radius 3 is 2.61 bits per heavy atom. The number of allylic oxidation sites excluding steroid dienone is 1. The lowest BCUT2D eigenvalue weighted by atomic mass is 10.0. The molecule has 0 unspecified atom stereocenters. The summed E-state index contributed by atoms with van der Waals surface area (Å²) in [5.41, 5.74) is -0.486. The molecule has 102 valence electrons. The van der Waals surface area contributed by atoms with Gasteiger partial charge in [0, 0.05) is 12.5 Å². The van der Waals surface area contributed by atoms with Gasteiger partial charge in [-0.1, -0.05) is 12.2 Å². The first-order valence-corrected chi connectivity index (χ1v) is 6.55. The van der Waals surface area contributed by atoms with E-state index in [1.807, 2.05) is 26.8 Å². The van der Waals surface area contributed by atoms with Crippen molar-refractivity contribution in [3.8, 4) is 0 Å². The number of carbonyl (C=O) groups is 2. The van der Waals surface area contributed by atoms with Gasteiger partial charge >= 0.3 is 5.97 Å². The van der Waals surface area contributed by atoms with Gasteiger partial charge in [0.2, 0.25) is 5.91 Å². The highest BCUT2D eigenvalue weighted by Gasteiger charge is 2.18. The average Bonchev–Trinajstić information content (AvgIpc) is 2.25. The molecule has 4 nitrogen and oxygen atoms in total. The Morgan fingerprint density at radius 1 is 1.33 bits per heavy atom. The third-order valence-electron chi connectivity index (χ3n) is 2.58. The van der Waals surface area contributed by atoms with Crippen LogP contribution >= 0.6 is 0 Å². The fraction of sp³-hybridized carbons (Fsp3) is 0.714. The van der Waals surface area contributed by atoms with E-state index in [1.165, 1.54) is 0 Å². The summed E-state index contributed by atoms with van der Waals surface area (Å²) in [6.07, 6.45) is 7.61. The molecule has 0 aromatic carbocycles. The predicted octanol–water partition coefficient (Wildman–Crippen LogP) is 2.33. The summed E-state index contributed by atoms with van der Waals surface area (Å²) in [5.74, 6) is -0.408. The molecule has 0 heterocycles. The zero-order chi connectivity index (χ0) is 13.6. The number of ether oxygens (including phenoxy) is 1. The highest BCUT2D eigenvalue weighted by Crippen LogP contribution is 2.11. The third kappa shape index (κ3) is 6.42. The molecule has 0 saturated heterocycles. The zero-order valence-corrected chi connectivity index (χ0v) is 11.5. The fourth-order valence-electron chi connectivity index (χ4n) is 1.82. The minimum atomic E-state index is -0.486. The molecule has 18 heavy (non-hydrogen) atoms. The van der Waals surface area contributed by atoms with E-state index in [9.17, 15) is 9.59 Å². The van der Waals surface area contributed by atoms with Crippen LogP contribution in [-0.2, 0) is 14.3 Å². The lowest BCUT2D eigenvalue weighted by molar-refractivity contribution is -0.155. The average molecular weight is 253 g/mol. The van der Waals surface area contributed by atoms with E-state index in [1.54, 1.807) is 0 Å². The maximum Gasteiger partial charge on any atom is 0.306 e. The maximum absolute atomic E-state index is 11.6. The summed E-state index contributed by atoms with van der Waals surface area (Å²) < 4.78 is 5.15. The van der Waals surface area contributed by atoms with E-state index in [0.717, 1.165) is 19.3 Å². The second-order valence-electron chi connectivity index (χ2n) is 5.62. The van der Waals surface area contributed by atoms with Crippen molar-refractivity contribution in [3.63, 3.8) is 0 Å². The van der Waals surface area contributed by atoms with Crippen LogP contribution in [0.3, 0.4) is 0 Å². The fourth-order valence-corrected chi connectivity index (χ4v) is 1.82. The molecule has 0 aliphatic heterocycles. The largest absolute Gasteiger partial charge is 0.460 e. The molecule has 1 aliphatic rings. The SMILES string of the molecule is CC(C)(C)OC(=O)CCC(=O)N[C@@H]1C=CCCC1. The minimum Gasteiger partial charge on any atom is -0.460 e. The lowest BCUT2D eigenvalue weighted by Gasteiger charge is -2.20. The molecular weight excluding hydrogens is 230 g/mol. The van der Waals surface area contributed by atoms with Crippen molar-refractivity contribution in [1.82, 2.24) is 5.32 Å². The summed E-state index contributed by atoms with van der Waals surface area (Å²) in [6, 6.07) is 0.130. The maximum atomic E-state index is 11.6. The molecule has 0 spiro atoms. The Hall–Kier alpha value is -1.32. The molecule has 4 heteroatoms. The standard InChI is InChI=1S/C14H23NO3/c1-14(2,3)18-13(17)10-9-12(16)15-11-7-5-4-6-8-11/h5,7,11H,4,6,8-10H2,1-3H3,(H,15,16)/t11-/m1/s1. The van der Waals surface area contributed by atoms with Crippen LogP contribution in [-0.4, -0.2) is 23.5 Å². The van der Waals surface area contributed by atoms with Crippen LogP contribution in [0.2, 0.25) is 0 Å². The van der Waals surface area contributed by atoms with Crippen LogP contribution in [0.4, 0.5) is 0 Å². The molecule has 1 aliphatic carbocycles. The number of rotatable bonds is 4. The first-order chi connectivity index (χ1) is 8.37. The second kappa shape index (κ2) is 6.57. The van der Waals surface area contributed by atoms with E-state index in [-0.39, 0.29) is 30.8 Å². The molecule has 0 bridgehead atoms. The Balaban J connectivity index is 2.22. The van der Waals surface area contributed by atoms with Gasteiger partial charge in [-0.15, -0.1) is 0 Å². The van der Waals surface area contributed by atoms with Crippen LogP contribution in [0.25, 0.3) is 0 Å². The van der Waals surface area contributed by atoms with E-state index in [2.05, 4.69) is 11.4 Å². The van der Waals surface area contributed by atoms with Gasteiger partial charge in [-0.05, 0) is 40.0 Å². The molecule has 0 fully saturated rings. The first-order valence-electron chi connectivity index (χ1n) is 6.55. The molecule has 0 radical (unpaired) electrons. The molecule has 0 aromatic rings. The quantitative estimate of drug-likeness (QED) is 0.618. The Kier molecular flexibility index (Phi) is 5.38. The highest BCUT2D eigenvalue weighted by molar-refractivity contribution is 5.81. The smallest absolute Gasteiger partial charge is 0.306 e. The molecule has 1 N–H and O–H groups in total. The molecular formula is C14H23NO3. The number of carbonyl (C=O) groups excluding carboxylic acids is 2. The van der Waals surface area contributed by atoms with E-state index < -0.39 is 5.60 Å². The van der Waals surface area contributed by atoms with Gasteiger partial charge in [-0.3, -0.25) is 9.59 Å². The van der Waals surface area contributed by atoms with Gasteiger partial charge < -0.3 is 10.1 Å². The zero-order valence-electron chi connectivity index (χ0n) is 11.5. The van der Waals surface area contributed by atoms with Crippen molar-refractivity contribution in [2.45, 2.75) is 64.5 Å².